The molecule has 15 heavy (non-hydrogen) atoms. The molecule has 0 aromatic heterocycles. The molecule has 0 aliphatic carbocycles. The first-order valence-corrected chi connectivity index (χ1v) is 4.57. The van der Waals surface area contributed by atoms with Crippen molar-refractivity contribution in [2.24, 2.45) is 0 Å². The number of carbonyl (C=O) groups is 2. The van der Waals surface area contributed by atoms with E-state index >= 15 is 0 Å². The number of hydrogen-bond acceptors (Lipinski definition) is 3. The third kappa shape index (κ3) is 2.33. The molecule has 0 radical (unpaired) electrons. The Morgan fingerprint density at radius 3 is 2.53 bits per heavy atom. The standard InChI is InChI=1S/C9H6BrFO4/c1-15-6-3-4(11)2-5(7(6)10)8(12)9(13)14/h2-3H,1H3,(H,13,14). The minimum Gasteiger partial charge on any atom is -0.495 e. The first-order chi connectivity index (χ1) is 6.97. The molecule has 0 fully saturated rings. The van der Waals surface area contributed by atoms with Gasteiger partial charge >= 0.3 is 5.97 Å². The Bertz CT molecular complexity index is 430. The van der Waals surface area contributed by atoms with Gasteiger partial charge in [-0.05, 0) is 22.0 Å². The molecule has 0 bridgehead atoms. The van der Waals surface area contributed by atoms with Crippen molar-refractivity contribution >= 4 is 27.7 Å². The van der Waals surface area contributed by atoms with Crippen LogP contribution >= 0.6 is 15.9 Å². The van der Waals surface area contributed by atoms with Crippen LogP contribution in [0.2, 0.25) is 0 Å². The van der Waals surface area contributed by atoms with Crippen LogP contribution in [0.15, 0.2) is 16.6 Å². The van der Waals surface area contributed by atoms with E-state index in [-0.39, 0.29) is 15.8 Å². The lowest BCUT2D eigenvalue weighted by molar-refractivity contribution is -0.131. The van der Waals surface area contributed by atoms with E-state index in [1.165, 1.54) is 7.11 Å². The maximum absolute atomic E-state index is 13.0. The zero-order valence-corrected chi connectivity index (χ0v) is 9.17. The van der Waals surface area contributed by atoms with Crippen LogP contribution in [0.5, 0.6) is 5.75 Å². The van der Waals surface area contributed by atoms with Crippen molar-refractivity contribution in [3.63, 3.8) is 0 Å². The Balaban J connectivity index is 3.35. The number of aliphatic carboxylic acids is 1. The van der Waals surface area contributed by atoms with Gasteiger partial charge in [-0.15, -0.1) is 0 Å². The number of Topliss-reactive ketones (excluding diaryl/α,β-unsaturated/α-hetero) is 1. The Kier molecular flexibility index (Phi) is 3.41. The van der Waals surface area contributed by atoms with Crippen LogP contribution in [-0.4, -0.2) is 24.0 Å². The number of rotatable bonds is 3. The summed E-state index contributed by atoms with van der Waals surface area (Å²) in [5.41, 5.74) is -0.278. The van der Waals surface area contributed by atoms with Crippen molar-refractivity contribution in [2.75, 3.05) is 7.11 Å². The second kappa shape index (κ2) is 4.39. The van der Waals surface area contributed by atoms with Gasteiger partial charge in [-0.3, -0.25) is 4.79 Å². The van der Waals surface area contributed by atoms with Crippen molar-refractivity contribution in [1.29, 1.82) is 0 Å². The van der Waals surface area contributed by atoms with Crippen LogP contribution in [0.25, 0.3) is 0 Å². The van der Waals surface area contributed by atoms with Gasteiger partial charge in [-0.2, -0.15) is 0 Å². The molecule has 1 rings (SSSR count). The molecule has 0 saturated heterocycles. The predicted octanol–water partition coefficient (Wildman–Crippen LogP) is 1.86. The van der Waals surface area contributed by atoms with Gasteiger partial charge in [0.2, 0.25) is 0 Å². The van der Waals surface area contributed by atoms with Gasteiger partial charge in [0.1, 0.15) is 11.6 Å². The van der Waals surface area contributed by atoms with E-state index in [1.54, 1.807) is 0 Å². The number of carbonyl (C=O) groups excluding carboxylic acids is 1. The first-order valence-electron chi connectivity index (χ1n) is 3.78. The molecule has 0 atom stereocenters. The van der Waals surface area contributed by atoms with Gasteiger partial charge < -0.3 is 9.84 Å². The first kappa shape index (κ1) is 11.6. The smallest absolute Gasteiger partial charge is 0.377 e. The second-order valence-electron chi connectivity index (χ2n) is 2.60. The molecule has 1 aromatic rings. The summed E-state index contributed by atoms with van der Waals surface area (Å²) in [6.45, 7) is 0. The van der Waals surface area contributed by atoms with E-state index in [4.69, 9.17) is 9.84 Å². The van der Waals surface area contributed by atoms with E-state index in [0.717, 1.165) is 12.1 Å². The summed E-state index contributed by atoms with van der Waals surface area (Å²) in [6, 6.07) is 1.88. The number of methoxy groups -OCH3 is 1. The lowest BCUT2D eigenvalue weighted by Crippen LogP contribution is -2.14. The quantitative estimate of drug-likeness (QED) is 0.676. The van der Waals surface area contributed by atoms with Crippen molar-refractivity contribution < 1.29 is 23.8 Å². The zero-order chi connectivity index (χ0) is 11.6. The fraction of sp³-hybridized carbons (Fsp3) is 0.111. The molecule has 0 amide bonds. The SMILES string of the molecule is COc1cc(F)cc(C(=O)C(=O)O)c1Br. The lowest BCUT2D eigenvalue weighted by Gasteiger charge is -2.06. The van der Waals surface area contributed by atoms with Crippen molar-refractivity contribution in [2.45, 2.75) is 0 Å². The number of ketones is 1. The van der Waals surface area contributed by atoms with Crippen LogP contribution in [0.3, 0.4) is 0 Å². The Morgan fingerprint density at radius 1 is 1.47 bits per heavy atom. The van der Waals surface area contributed by atoms with Gasteiger partial charge in [0.05, 0.1) is 17.1 Å². The van der Waals surface area contributed by atoms with Crippen molar-refractivity contribution in [1.82, 2.24) is 0 Å². The van der Waals surface area contributed by atoms with Gasteiger partial charge in [0, 0.05) is 6.07 Å². The van der Waals surface area contributed by atoms with Gasteiger partial charge in [0.15, 0.2) is 0 Å². The molecule has 1 aromatic carbocycles. The molecular formula is C9H6BrFO4. The highest BCUT2D eigenvalue weighted by atomic mass is 79.9. The minimum atomic E-state index is -1.65. The fourth-order valence-corrected chi connectivity index (χ4v) is 1.56. The topological polar surface area (TPSA) is 63.6 Å². The number of carboxylic acid groups (broad SMARTS) is 1. The molecule has 0 aliphatic heterocycles. The summed E-state index contributed by atoms with van der Waals surface area (Å²) < 4.78 is 17.9. The molecule has 6 heteroatoms. The lowest BCUT2D eigenvalue weighted by atomic mass is 10.1. The highest BCUT2D eigenvalue weighted by Crippen LogP contribution is 2.30. The molecule has 80 valence electrons. The summed E-state index contributed by atoms with van der Waals surface area (Å²) in [4.78, 5) is 21.6. The van der Waals surface area contributed by atoms with Crippen LogP contribution in [0.4, 0.5) is 4.39 Å². The van der Waals surface area contributed by atoms with Gasteiger partial charge in [0.25, 0.3) is 5.78 Å². The Labute approximate surface area is 92.8 Å². The average Bonchev–Trinajstić information content (AvgIpc) is 2.19. The van der Waals surface area contributed by atoms with E-state index in [0.29, 0.717) is 0 Å². The Hall–Kier alpha value is -1.43. The van der Waals surface area contributed by atoms with Crippen molar-refractivity contribution in [3.8, 4) is 5.75 Å². The van der Waals surface area contributed by atoms with Crippen LogP contribution in [0, 0.1) is 5.82 Å². The molecule has 0 spiro atoms. The molecule has 4 nitrogen and oxygen atoms in total. The second-order valence-corrected chi connectivity index (χ2v) is 3.40. The highest BCUT2D eigenvalue weighted by molar-refractivity contribution is 9.10. The molecular weight excluding hydrogens is 271 g/mol. The molecule has 1 N–H and O–H groups in total. The molecule has 0 saturated carbocycles. The summed E-state index contributed by atoms with van der Waals surface area (Å²) >= 11 is 2.97. The monoisotopic (exact) mass is 276 g/mol. The largest absolute Gasteiger partial charge is 0.495 e. The van der Waals surface area contributed by atoms with E-state index in [2.05, 4.69) is 15.9 Å². The number of benzene rings is 1. The molecule has 0 aliphatic rings. The van der Waals surface area contributed by atoms with Crippen LogP contribution in [0.1, 0.15) is 10.4 Å². The number of ether oxygens (including phenoxy) is 1. The average molecular weight is 277 g/mol. The third-order valence-corrected chi connectivity index (χ3v) is 2.48. The van der Waals surface area contributed by atoms with Crippen LogP contribution in [-0.2, 0) is 4.79 Å². The maximum atomic E-state index is 13.0. The third-order valence-electron chi connectivity index (χ3n) is 1.66. The highest BCUT2D eigenvalue weighted by Gasteiger charge is 2.21. The summed E-state index contributed by atoms with van der Waals surface area (Å²) in [5, 5.41) is 8.48. The zero-order valence-electron chi connectivity index (χ0n) is 7.58. The number of halogens is 2. The molecule has 0 unspecified atom stereocenters. The predicted molar refractivity (Wildman–Crippen MR) is 52.6 cm³/mol. The fourth-order valence-electron chi connectivity index (χ4n) is 0.993. The van der Waals surface area contributed by atoms with Gasteiger partial charge in [-0.25, -0.2) is 9.18 Å². The number of hydrogen-bond donors (Lipinski definition) is 1. The summed E-state index contributed by atoms with van der Waals surface area (Å²) in [7, 11) is 1.29. The number of carboxylic acids is 1. The molecule has 0 heterocycles. The van der Waals surface area contributed by atoms with Crippen molar-refractivity contribution in [3.05, 3.63) is 28.0 Å². The van der Waals surface area contributed by atoms with Gasteiger partial charge in [-0.1, -0.05) is 0 Å². The summed E-state index contributed by atoms with van der Waals surface area (Å²) in [6.07, 6.45) is 0. The summed E-state index contributed by atoms with van der Waals surface area (Å²) in [5.74, 6) is -3.51. The van der Waals surface area contributed by atoms with E-state index < -0.39 is 17.6 Å². The van der Waals surface area contributed by atoms with E-state index in [9.17, 15) is 14.0 Å². The van der Waals surface area contributed by atoms with E-state index in [1.807, 2.05) is 0 Å². The minimum absolute atomic E-state index is 0.0691. The van der Waals surface area contributed by atoms with Crippen LogP contribution < -0.4 is 4.74 Å². The Morgan fingerprint density at radius 2 is 2.07 bits per heavy atom. The maximum Gasteiger partial charge on any atom is 0.377 e. The normalized spacial score (nSPS) is 9.80.